The first-order chi connectivity index (χ1) is 16.7. The third-order valence-electron chi connectivity index (χ3n) is 5.20. The quantitative estimate of drug-likeness (QED) is 0.473. The van der Waals surface area contributed by atoms with Gasteiger partial charge in [-0.25, -0.2) is 13.2 Å². The molecule has 13 heteroatoms. The number of nitrogens with one attached hydrogen (secondary N) is 2. The molecule has 0 unspecified atom stereocenters. The third-order valence-corrected chi connectivity index (χ3v) is 6.60. The van der Waals surface area contributed by atoms with E-state index in [1.165, 1.54) is 20.3 Å². The lowest BCUT2D eigenvalue weighted by Gasteiger charge is -2.18. The minimum atomic E-state index is -5.08. The first kappa shape index (κ1) is 28.8. The van der Waals surface area contributed by atoms with Crippen LogP contribution in [0, 0.1) is 0 Å². The third kappa shape index (κ3) is 7.03. The van der Waals surface area contributed by atoms with Gasteiger partial charge in [0.05, 0.1) is 19.6 Å². The number of anilines is 1. The smallest absolute Gasteiger partial charge is 0.490 e. The van der Waals surface area contributed by atoms with Crippen molar-refractivity contribution in [2.45, 2.75) is 49.2 Å². The molecule has 0 spiro atoms. The molecule has 1 aliphatic rings. The Labute approximate surface area is 206 Å². The molecule has 0 aliphatic heterocycles. The van der Waals surface area contributed by atoms with Crippen LogP contribution in [0.4, 0.5) is 18.9 Å². The van der Waals surface area contributed by atoms with Crippen LogP contribution in [-0.4, -0.2) is 51.8 Å². The van der Waals surface area contributed by atoms with E-state index in [-0.39, 0.29) is 22.6 Å². The SMILES string of the molecule is COc1ccc(OC)c(S(=O)(=O)Nc2ccc(C3(C(=O)NC(C)C)CC3)cc2)c1.O=C(O)C(F)(F)F. The molecule has 1 saturated carbocycles. The molecule has 2 aromatic carbocycles. The van der Waals surface area contributed by atoms with E-state index in [9.17, 15) is 26.4 Å². The first-order valence-corrected chi connectivity index (χ1v) is 12.1. The van der Waals surface area contributed by atoms with Gasteiger partial charge in [-0.3, -0.25) is 9.52 Å². The van der Waals surface area contributed by atoms with Crippen molar-refractivity contribution in [1.82, 2.24) is 5.32 Å². The number of ether oxygens (including phenoxy) is 2. The molecule has 2 aromatic rings. The maximum Gasteiger partial charge on any atom is 0.490 e. The summed E-state index contributed by atoms with van der Waals surface area (Å²) in [6, 6.07) is 11.6. The number of aliphatic carboxylic acids is 1. The van der Waals surface area contributed by atoms with Crippen LogP contribution in [0.3, 0.4) is 0 Å². The van der Waals surface area contributed by atoms with Gasteiger partial charge in [-0.2, -0.15) is 13.2 Å². The lowest BCUT2D eigenvalue weighted by atomic mass is 9.94. The highest BCUT2D eigenvalue weighted by Gasteiger charge is 2.51. The topological polar surface area (TPSA) is 131 Å². The van der Waals surface area contributed by atoms with Crippen LogP contribution in [0.5, 0.6) is 11.5 Å². The Kier molecular flexibility index (Phi) is 8.84. The lowest BCUT2D eigenvalue weighted by Crippen LogP contribution is -2.38. The van der Waals surface area contributed by atoms with Crippen molar-refractivity contribution in [3.63, 3.8) is 0 Å². The summed E-state index contributed by atoms with van der Waals surface area (Å²) in [7, 11) is -1.01. The van der Waals surface area contributed by atoms with Crippen molar-refractivity contribution in [1.29, 1.82) is 0 Å². The summed E-state index contributed by atoms with van der Waals surface area (Å²) in [4.78, 5) is 21.4. The number of benzene rings is 2. The molecule has 0 saturated heterocycles. The average Bonchev–Trinajstić information content (AvgIpc) is 3.60. The highest BCUT2D eigenvalue weighted by Crippen LogP contribution is 2.48. The van der Waals surface area contributed by atoms with Crippen LogP contribution in [-0.2, 0) is 25.0 Å². The van der Waals surface area contributed by atoms with E-state index in [4.69, 9.17) is 19.4 Å². The molecule has 1 amide bonds. The zero-order valence-electron chi connectivity index (χ0n) is 20.0. The lowest BCUT2D eigenvalue weighted by molar-refractivity contribution is -0.192. The van der Waals surface area contributed by atoms with Gasteiger partial charge in [0.1, 0.15) is 16.4 Å². The fraction of sp³-hybridized carbons (Fsp3) is 0.391. The van der Waals surface area contributed by atoms with Crippen molar-refractivity contribution < 1.29 is 45.8 Å². The monoisotopic (exact) mass is 532 g/mol. The molecule has 3 rings (SSSR count). The number of carboxylic acid groups (broad SMARTS) is 1. The van der Waals surface area contributed by atoms with Crippen LogP contribution in [0.2, 0.25) is 0 Å². The van der Waals surface area contributed by atoms with E-state index in [0.29, 0.717) is 11.4 Å². The van der Waals surface area contributed by atoms with Gasteiger partial charge in [0.25, 0.3) is 10.0 Å². The number of halogens is 3. The molecule has 198 valence electrons. The second-order valence-electron chi connectivity index (χ2n) is 8.21. The fourth-order valence-electron chi connectivity index (χ4n) is 3.23. The summed E-state index contributed by atoms with van der Waals surface area (Å²) >= 11 is 0. The van der Waals surface area contributed by atoms with Crippen molar-refractivity contribution >= 4 is 27.6 Å². The predicted octanol–water partition coefficient (Wildman–Crippen LogP) is 3.69. The number of sulfonamides is 1. The Morgan fingerprint density at radius 3 is 2.00 bits per heavy atom. The number of rotatable bonds is 8. The molecule has 0 heterocycles. The van der Waals surface area contributed by atoms with E-state index < -0.39 is 27.6 Å². The largest absolute Gasteiger partial charge is 0.497 e. The highest BCUT2D eigenvalue weighted by molar-refractivity contribution is 7.92. The van der Waals surface area contributed by atoms with E-state index in [1.807, 2.05) is 13.8 Å². The summed E-state index contributed by atoms with van der Waals surface area (Å²) in [6.07, 6.45) is -3.50. The Bertz CT molecular complexity index is 1190. The Morgan fingerprint density at radius 2 is 1.58 bits per heavy atom. The number of hydrogen-bond donors (Lipinski definition) is 3. The van der Waals surface area contributed by atoms with Gasteiger partial charge in [0, 0.05) is 17.8 Å². The van der Waals surface area contributed by atoms with Crippen molar-refractivity contribution in [2.24, 2.45) is 0 Å². The second-order valence-corrected chi connectivity index (χ2v) is 9.86. The summed E-state index contributed by atoms with van der Waals surface area (Å²) < 4.78 is 70.3. The maximum atomic E-state index is 12.9. The summed E-state index contributed by atoms with van der Waals surface area (Å²) in [5.74, 6) is -2.11. The minimum absolute atomic E-state index is 0.0154. The maximum absolute atomic E-state index is 12.9. The standard InChI is InChI=1S/C21H26N2O5S.C2HF3O2/c1-14(2)22-20(24)21(11-12-21)15-5-7-16(8-6-15)23-29(25,26)19-13-17(27-3)9-10-18(19)28-4;3-2(4,5)1(6)7/h5-10,13-14,23H,11-12H2,1-4H3,(H,22,24);(H,6,7). The summed E-state index contributed by atoms with van der Waals surface area (Å²) in [5, 5.41) is 10.1. The van der Waals surface area contributed by atoms with E-state index in [2.05, 4.69) is 10.0 Å². The number of methoxy groups -OCH3 is 2. The number of amides is 1. The molecule has 0 radical (unpaired) electrons. The van der Waals surface area contributed by atoms with Crippen LogP contribution in [0.25, 0.3) is 0 Å². The first-order valence-electron chi connectivity index (χ1n) is 10.6. The number of hydrogen-bond acceptors (Lipinski definition) is 6. The fourth-order valence-corrected chi connectivity index (χ4v) is 4.48. The van der Waals surface area contributed by atoms with Gasteiger partial charge in [-0.05, 0) is 56.5 Å². The van der Waals surface area contributed by atoms with Crippen molar-refractivity contribution in [3.05, 3.63) is 48.0 Å². The zero-order chi connectivity index (χ0) is 27.3. The van der Waals surface area contributed by atoms with Crippen LogP contribution >= 0.6 is 0 Å². The molecule has 1 fully saturated rings. The Hall–Kier alpha value is -3.48. The average molecular weight is 533 g/mol. The van der Waals surface area contributed by atoms with Crippen molar-refractivity contribution in [2.75, 3.05) is 18.9 Å². The molecular formula is C23H27F3N2O7S. The predicted molar refractivity (Wildman–Crippen MR) is 125 cm³/mol. The number of carbonyl (C=O) groups is 2. The molecule has 1 aliphatic carbocycles. The van der Waals surface area contributed by atoms with Gasteiger partial charge >= 0.3 is 12.1 Å². The second kappa shape index (κ2) is 11.1. The molecule has 36 heavy (non-hydrogen) atoms. The molecule has 0 aromatic heterocycles. The summed E-state index contributed by atoms with van der Waals surface area (Å²) in [5.41, 5.74) is 0.786. The molecule has 0 atom stereocenters. The Morgan fingerprint density at radius 1 is 1.03 bits per heavy atom. The molecule has 3 N–H and O–H groups in total. The van der Waals surface area contributed by atoms with Gasteiger partial charge in [-0.1, -0.05) is 12.1 Å². The number of alkyl halides is 3. The number of carbonyl (C=O) groups excluding carboxylic acids is 1. The van der Waals surface area contributed by atoms with Crippen LogP contribution in [0.1, 0.15) is 32.3 Å². The molecular weight excluding hydrogens is 505 g/mol. The number of carboxylic acids is 1. The molecule has 0 bridgehead atoms. The van der Waals surface area contributed by atoms with E-state index in [1.54, 1.807) is 36.4 Å². The van der Waals surface area contributed by atoms with Crippen LogP contribution < -0.4 is 19.5 Å². The normalized spacial score (nSPS) is 14.2. The van der Waals surface area contributed by atoms with Gasteiger partial charge in [-0.15, -0.1) is 0 Å². The van der Waals surface area contributed by atoms with E-state index >= 15 is 0 Å². The van der Waals surface area contributed by atoms with Crippen LogP contribution in [0.15, 0.2) is 47.4 Å². The minimum Gasteiger partial charge on any atom is -0.497 e. The van der Waals surface area contributed by atoms with E-state index in [0.717, 1.165) is 18.4 Å². The van der Waals surface area contributed by atoms with Gasteiger partial charge < -0.3 is 19.9 Å². The highest BCUT2D eigenvalue weighted by atomic mass is 32.2. The summed E-state index contributed by atoms with van der Waals surface area (Å²) in [6.45, 7) is 3.86. The van der Waals surface area contributed by atoms with Crippen molar-refractivity contribution in [3.8, 4) is 11.5 Å². The zero-order valence-corrected chi connectivity index (χ0v) is 20.8. The van der Waals surface area contributed by atoms with Gasteiger partial charge in [0.2, 0.25) is 5.91 Å². The Balaban J connectivity index is 0.000000572. The van der Waals surface area contributed by atoms with Gasteiger partial charge in [0.15, 0.2) is 0 Å². The molecule has 9 nitrogen and oxygen atoms in total.